The molecule has 2 saturated heterocycles. The lowest BCUT2D eigenvalue weighted by molar-refractivity contribution is -0.352. The van der Waals surface area contributed by atoms with Crippen LogP contribution in [0.15, 0.2) is 45.6 Å². The van der Waals surface area contributed by atoms with Gasteiger partial charge in [-0.25, -0.2) is 0 Å². The largest absolute Gasteiger partial charge is 0.508 e. The highest BCUT2D eigenvalue weighted by atomic mass is 16.7. The van der Waals surface area contributed by atoms with E-state index in [1.807, 2.05) is 0 Å². The second-order valence-corrected chi connectivity index (χ2v) is 10.1. The number of phenols is 3. The minimum Gasteiger partial charge on any atom is -0.508 e. The van der Waals surface area contributed by atoms with Crippen molar-refractivity contribution < 1.29 is 74.4 Å². The zero-order valence-electron chi connectivity index (χ0n) is 22.1. The summed E-state index contributed by atoms with van der Waals surface area (Å²) in [7, 11) is 0. The molecule has 16 nitrogen and oxygen atoms in total. The predicted molar refractivity (Wildman–Crippen MR) is 140 cm³/mol. The quantitative estimate of drug-likeness (QED) is 0.133. The van der Waals surface area contributed by atoms with Gasteiger partial charge in [0.1, 0.15) is 77.0 Å². The lowest BCUT2D eigenvalue weighted by Gasteiger charge is -2.45. The molecular formula is C27H30O16. The van der Waals surface area contributed by atoms with Gasteiger partial charge in [-0.05, 0) is 24.3 Å². The highest BCUT2D eigenvalue weighted by Gasteiger charge is 2.51. The van der Waals surface area contributed by atoms with E-state index in [4.69, 9.17) is 23.4 Å². The Balaban J connectivity index is 1.47. The third kappa shape index (κ3) is 5.73. The summed E-state index contributed by atoms with van der Waals surface area (Å²) in [6.45, 7) is -1.62. The highest BCUT2D eigenvalue weighted by molar-refractivity contribution is 5.88. The molecule has 3 heterocycles. The first-order valence-corrected chi connectivity index (χ1v) is 13.0. The third-order valence-corrected chi connectivity index (χ3v) is 7.24. The number of phenolic OH excluding ortho intramolecular Hbond substituents is 3. The summed E-state index contributed by atoms with van der Waals surface area (Å²) < 4.78 is 27.9. The molecule has 10 atom stereocenters. The first-order chi connectivity index (χ1) is 20.4. The van der Waals surface area contributed by atoms with Crippen molar-refractivity contribution in [1.29, 1.82) is 0 Å². The minimum absolute atomic E-state index is 0.116. The molecule has 2 aromatic carbocycles. The fourth-order valence-electron chi connectivity index (χ4n) is 4.95. The molecule has 0 saturated carbocycles. The fourth-order valence-corrected chi connectivity index (χ4v) is 4.95. The Bertz CT molecular complexity index is 1490. The second-order valence-electron chi connectivity index (χ2n) is 10.1. The summed E-state index contributed by atoms with van der Waals surface area (Å²) in [5.74, 6) is -2.07. The number of aromatic hydroxyl groups is 3. The molecule has 0 amide bonds. The maximum atomic E-state index is 13.6. The van der Waals surface area contributed by atoms with Gasteiger partial charge >= 0.3 is 0 Å². The standard InChI is InChI=1S/C27H30O16/c28-7-14-17(33)19(35)21(37)26(40-14)42-24-15(8-29)41-27(22(38)20(24)36)43-25-18(34)16-12(32)5-11(31)6-13(16)39-23(25)9-1-3-10(30)4-2-9/h1-6,14-15,17,19-22,24,26-33,35-38H,7-8H2/t14-,15-,17+,19+,20-,21-,22-,24-,26+,27+/m1/s1. The fraction of sp³-hybridized carbons (Fsp3) is 0.444. The van der Waals surface area contributed by atoms with Crippen molar-refractivity contribution in [3.05, 3.63) is 46.6 Å². The van der Waals surface area contributed by atoms with Crippen LogP contribution in [-0.4, -0.2) is 126 Å². The van der Waals surface area contributed by atoms with Crippen molar-refractivity contribution in [3.63, 3.8) is 0 Å². The Morgan fingerprint density at radius 3 is 2.00 bits per heavy atom. The first-order valence-electron chi connectivity index (χ1n) is 13.0. The van der Waals surface area contributed by atoms with Gasteiger partial charge in [0, 0.05) is 17.7 Å². The van der Waals surface area contributed by atoms with Crippen LogP contribution in [0.25, 0.3) is 22.3 Å². The van der Waals surface area contributed by atoms with Gasteiger partial charge in [-0.15, -0.1) is 0 Å². The molecule has 234 valence electrons. The first kappa shape index (κ1) is 30.9. The van der Waals surface area contributed by atoms with Crippen molar-refractivity contribution in [2.75, 3.05) is 13.2 Å². The van der Waals surface area contributed by atoms with Gasteiger partial charge in [-0.1, -0.05) is 0 Å². The Hall–Kier alpha value is -3.55. The van der Waals surface area contributed by atoms with Gasteiger partial charge in [-0.3, -0.25) is 4.79 Å². The molecule has 0 unspecified atom stereocenters. The Morgan fingerprint density at radius 1 is 0.721 bits per heavy atom. The summed E-state index contributed by atoms with van der Waals surface area (Å²) in [4.78, 5) is 13.6. The molecular weight excluding hydrogens is 580 g/mol. The highest BCUT2D eigenvalue weighted by Crippen LogP contribution is 2.38. The van der Waals surface area contributed by atoms with Crippen LogP contribution < -0.4 is 10.2 Å². The monoisotopic (exact) mass is 610 g/mol. The van der Waals surface area contributed by atoms with Crippen LogP contribution in [-0.2, 0) is 14.2 Å². The van der Waals surface area contributed by atoms with Crippen LogP contribution in [0.1, 0.15) is 0 Å². The third-order valence-electron chi connectivity index (χ3n) is 7.24. The Kier molecular flexibility index (Phi) is 8.77. The minimum atomic E-state index is -1.99. The second kappa shape index (κ2) is 12.2. The topological polar surface area (TPSA) is 269 Å². The number of aliphatic hydroxyl groups is 7. The van der Waals surface area contributed by atoms with Gasteiger partial charge in [0.25, 0.3) is 0 Å². The van der Waals surface area contributed by atoms with E-state index in [0.29, 0.717) is 0 Å². The van der Waals surface area contributed by atoms with E-state index in [1.165, 1.54) is 24.3 Å². The van der Waals surface area contributed by atoms with Gasteiger partial charge in [0.15, 0.2) is 12.1 Å². The lowest BCUT2D eigenvalue weighted by Crippen LogP contribution is -2.65. The van der Waals surface area contributed by atoms with Crippen LogP contribution in [0.4, 0.5) is 0 Å². The summed E-state index contributed by atoms with van der Waals surface area (Å²) in [5.41, 5.74) is -1.01. The average molecular weight is 611 g/mol. The molecule has 2 aliphatic heterocycles. The maximum absolute atomic E-state index is 13.6. The summed E-state index contributed by atoms with van der Waals surface area (Å²) in [5, 5.41) is 101. The molecule has 2 fully saturated rings. The van der Waals surface area contributed by atoms with Crippen LogP contribution in [0.2, 0.25) is 0 Å². The normalized spacial score (nSPS) is 33.0. The Morgan fingerprint density at radius 2 is 1.35 bits per heavy atom. The molecule has 0 radical (unpaired) electrons. The SMILES string of the molecule is O=c1c(O[C@@H]2O[C@H](CO)[C@@H](O[C@@H]3O[C@H](CO)[C@H](O)[C@H](O)[C@H]3O)[C@H](O)[C@H]2O)c(-c2ccc(O)cc2)oc2cc(O)cc(O)c12. The molecule has 0 spiro atoms. The molecule has 16 heteroatoms. The number of ether oxygens (including phenoxy) is 4. The molecule has 0 bridgehead atoms. The van der Waals surface area contributed by atoms with E-state index in [1.54, 1.807) is 0 Å². The predicted octanol–water partition coefficient (Wildman–Crippen LogP) is -2.42. The van der Waals surface area contributed by atoms with Crippen molar-refractivity contribution >= 4 is 11.0 Å². The summed E-state index contributed by atoms with van der Waals surface area (Å²) in [6.07, 6.45) is -17.4. The summed E-state index contributed by atoms with van der Waals surface area (Å²) in [6, 6.07) is 7.25. The number of fused-ring (bicyclic) bond motifs is 1. The maximum Gasteiger partial charge on any atom is 0.239 e. The molecule has 0 aliphatic carbocycles. The zero-order chi connectivity index (χ0) is 31.2. The molecule has 10 N–H and O–H groups in total. The van der Waals surface area contributed by atoms with E-state index in [0.717, 1.165) is 12.1 Å². The number of benzene rings is 2. The van der Waals surface area contributed by atoms with Crippen LogP contribution in [0.5, 0.6) is 23.0 Å². The zero-order valence-corrected chi connectivity index (χ0v) is 22.1. The van der Waals surface area contributed by atoms with Crippen LogP contribution in [0, 0.1) is 0 Å². The van der Waals surface area contributed by atoms with Gasteiger partial charge < -0.3 is 74.4 Å². The molecule has 3 aromatic rings. The molecule has 2 aliphatic rings. The summed E-state index contributed by atoms with van der Waals surface area (Å²) >= 11 is 0. The molecule has 5 rings (SSSR count). The van der Waals surface area contributed by atoms with Crippen LogP contribution in [0.3, 0.4) is 0 Å². The van der Waals surface area contributed by atoms with Gasteiger partial charge in [-0.2, -0.15) is 0 Å². The van der Waals surface area contributed by atoms with Crippen molar-refractivity contribution in [2.24, 2.45) is 0 Å². The van der Waals surface area contributed by atoms with Crippen LogP contribution >= 0.6 is 0 Å². The van der Waals surface area contributed by atoms with E-state index in [9.17, 15) is 55.9 Å². The van der Waals surface area contributed by atoms with Gasteiger partial charge in [0.2, 0.25) is 17.5 Å². The molecule has 1 aromatic heterocycles. The number of rotatable bonds is 7. The van der Waals surface area contributed by atoms with Crippen molar-refractivity contribution in [2.45, 2.75) is 61.4 Å². The van der Waals surface area contributed by atoms with E-state index >= 15 is 0 Å². The lowest BCUT2D eigenvalue weighted by atomic mass is 9.97. The number of hydrogen-bond acceptors (Lipinski definition) is 16. The Labute approximate surface area is 241 Å². The number of aliphatic hydroxyl groups excluding tert-OH is 7. The van der Waals surface area contributed by atoms with E-state index < -0.39 is 103 Å². The number of hydrogen-bond donors (Lipinski definition) is 10. The average Bonchev–Trinajstić information content (AvgIpc) is 2.97. The smallest absolute Gasteiger partial charge is 0.239 e. The van der Waals surface area contributed by atoms with Crippen molar-refractivity contribution in [3.8, 4) is 34.3 Å². The van der Waals surface area contributed by atoms with E-state index in [-0.39, 0.29) is 22.7 Å². The molecule has 43 heavy (non-hydrogen) atoms. The van der Waals surface area contributed by atoms with Gasteiger partial charge in [0.05, 0.1) is 13.2 Å². The van der Waals surface area contributed by atoms with E-state index in [2.05, 4.69) is 0 Å². The van der Waals surface area contributed by atoms with Crippen molar-refractivity contribution in [1.82, 2.24) is 0 Å².